The Balaban J connectivity index is 2.39. The van der Waals surface area contributed by atoms with Crippen molar-refractivity contribution in [2.75, 3.05) is 20.2 Å². The summed E-state index contributed by atoms with van der Waals surface area (Å²) in [5, 5.41) is 8.71. The molecule has 1 aromatic rings. The van der Waals surface area contributed by atoms with E-state index in [1.54, 1.807) is 12.1 Å². The maximum atomic E-state index is 11.9. The third-order valence-corrected chi connectivity index (χ3v) is 2.68. The normalized spacial score (nSPS) is 11.6. The highest BCUT2D eigenvalue weighted by Crippen LogP contribution is 2.21. The first-order valence-corrected chi connectivity index (χ1v) is 5.93. The molecule has 0 aliphatic heterocycles. The van der Waals surface area contributed by atoms with Gasteiger partial charge in [-0.3, -0.25) is 4.90 Å². The smallest absolute Gasteiger partial charge is 0.284 e. The first-order valence-electron chi connectivity index (χ1n) is 4.88. The molecule has 3 nitrogen and oxygen atoms in total. The lowest BCUT2D eigenvalue weighted by Gasteiger charge is -2.12. The van der Waals surface area contributed by atoms with Crippen LogP contribution in [0.2, 0.25) is 0 Å². The van der Waals surface area contributed by atoms with Gasteiger partial charge < -0.3 is 9.52 Å². The highest BCUT2D eigenvalue weighted by Gasteiger charge is 2.08. The number of rotatable bonds is 7. The summed E-state index contributed by atoms with van der Waals surface area (Å²) in [6, 6.07) is 3.48. The van der Waals surface area contributed by atoms with Crippen LogP contribution in [0.1, 0.15) is 11.5 Å². The first kappa shape index (κ1) is 13.5. The Bertz CT molecular complexity index is 307. The summed E-state index contributed by atoms with van der Waals surface area (Å²) in [4.78, 5) is 1.89. The van der Waals surface area contributed by atoms with E-state index >= 15 is 0 Å². The number of thioether (sulfide) groups is 1. The van der Waals surface area contributed by atoms with Gasteiger partial charge in [0.1, 0.15) is 11.5 Å². The van der Waals surface area contributed by atoms with E-state index < -0.39 is 5.76 Å². The Morgan fingerprint density at radius 3 is 2.75 bits per heavy atom. The van der Waals surface area contributed by atoms with Crippen LogP contribution in [0.15, 0.2) is 16.5 Å². The lowest BCUT2D eigenvalue weighted by molar-refractivity contribution is 0.207. The zero-order chi connectivity index (χ0) is 12.0. The summed E-state index contributed by atoms with van der Waals surface area (Å²) in [7, 11) is 1.85. The molecule has 1 N–H and O–H groups in total. The zero-order valence-electron chi connectivity index (χ0n) is 9.03. The van der Waals surface area contributed by atoms with Gasteiger partial charge in [0.05, 0.1) is 18.9 Å². The largest absolute Gasteiger partial charge is 0.464 e. The van der Waals surface area contributed by atoms with Crippen molar-refractivity contribution in [1.29, 1.82) is 0 Å². The molecule has 0 unspecified atom stereocenters. The minimum absolute atomic E-state index is 0.0886. The van der Waals surface area contributed by atoms with Crippen molar-refractivity contribution < 1.29 is 18.3 Å². The Hall–Kier alpha value is -0.590. The average molecular weight is 251 g/mol. The first-order chi connectivity index (χ1) is 7.61. The third kappa shape index (κ3) is 4.96. The summed E-state index contributed by atoms with van der Waals surface area (Å²) in [5.41, 5.74) is 0. The Labute approximate surface area is 97.4 Å². The van der Waals surface area contributed by atoms with Crippen molar-refractivity contribution in [2.45, 2.75) is 18.1 Å². The van der Waals surface area contributed by atoms with Gasteiger partial charge in [0.2, 0.25) is 0 Å². The molecule has 0 spiro atoms. The number of aliphatic hydroxyl groups is 1. The third-order valence-electron chi connectivity index (χ3n) is 1.98. The second-order valence-corrected chi connectivity index (χ2v) is 4.38. The van der Waals surface area contributed by atoms with E-state index in [9.17, 15) is 8.78 Å². The Kier molecular flexibility index (Phi) is 5.79. The molecule has 0 fully saturated rings. The molecule has 0 saturated heterocycles. The molecule has 0 radical (unpaired) electrons. The van der Waals surface area contributed by atoms with E-state index in [0.717, 1.165) is 5.76 Å². The minimum atomic E-state index is -2.37. The molecule has 16 heavy (non-hydrogen) atoms. The van der Waals surface area contributed by atoms with Gasteiger partial charge in [0.25, 0.3) is 5.76 Å². The van der Waals surface area contributed by atoms with E-state index in [1.165, 1.54) is 0 Å². The van der Waals surface area contributed by atoms with Crippen LogP contribution >= 0.6 is 11.8 Å². The van der Waals surface area contributed by atoms with Gasteiger partial charge in [-0.2, -0.15) is 8.78 Å². The molecule has 92 valence electrons. The van der Waals surface area contributed by atoms with Gasteiger partial charge in [0, 0.05) is 6.54 Å². The number of alkyl halides is 2. The Morgan fingerprint density at radius 1 is 1.44 bits per heavy atom. The summed E-state index contributed by atoms with van der Waals surface area (Å²) in [6.07, 6.45) is 0. The number of likely N-dealkylation sites (N-methyl/N-ethyl adjacent to an activating group) is 1. The van der Waals surface area contributed by atoms with Gasteiger partial charge in [-0.1, -0.05) is 11.8 Å². The van der Waals surface area contributed by atoms with Gasteiger partial charge in [-0.15, -0.1) is 0 Å². The molecule has 1 heterocycles. The van der Waals surface area contributed by atoms with Crippen LogP contribution < -0.4 is 0 Å². The fourth-order valence-corrected chi connectivity index (χ4v) is 1.69. The molecule has 0 saturated carbocycles. The van der Waals surface area contributed by atoms with Crippen LogP contribution in [0.5, 0.6) is 0 Å². The monoisotopic (exact) mass is 251 g/mol. The van der Waals surface area contributed by atoms with Crippen molar-refractivity contribution in [3.05, 3.63) is 23.7 Å². The molecular weight excluding hydrogens is 236 g/mol. The predicted molar refractivity (Wildman–Crippen MR) is 59.4 cm³/mol. The van der Waals surface area contributed by atoms with Crippen molar-refractivity contribution in [3.8, 4) is 0 Å². The molecular formula is C10H15F2NO2S. The molecule has 0 aliphatic carbocycles. The van der Waals surface area contributed by atoms with Crippen LogP contribution in [-0.2, 0) is 12.3 Å². The van der Waals surface area contributed by atoms with Gasteiger partial charge in [-0.25, -0.2) is 0 Å². The lowest BCUT2D eigenvalue weighted by atomic mass is 10.4. The van der Waals surface area contributed by atoms with Crippen LogP contribution in [0, 0.1) is 0 Å². The highest BCUT2D eigenvalue weighted by atomic mass is 32.2. The Morgan fingerprint density at radius 2 is 2.12 bits per heavy atom. The van der Waals surface area contributed by atoms with E-state index in [0.29, 0.717) is 30.6 Å². The van der Waals surface area contributed by atoms with Crippen LogP contribution in [-0.4, -0.2) is 36.0 Å². The van der Waals surface area contributed by atoms with Crippen molar-refractivity contribution in [3.63, 3.8) is 0 Å². The van der Waals surface area contributed by atoms with Crippen LogP contribution in [0.3, 0.4) is 0 Å². The van der Waals surface area contributed by atoms with Crippen molar-refractivity contribution >= 4 is 11.8 Å². The molecule has 0 atom stereocenters. The lowest BCUT2D eigenvalue weighted by Crippen LogP contribution is -2.21. The van der Waals surface area contributed by atoms with Gasteiger partial charge >= 0.3 is 0 Å². The van der Waals surface area contributed by atoms with E-state index in [1.807, 2.05) is 11.9 Å². The number of aliphatic hydroxyl groups excluding tert-OH is 1. The summed E-state index contributed by atoms with van der Waals surface area (Å²) < 4.78 is 29.2. The van der Waals surface area contributed by atoms with E-state index in [2.05, 4.69) is 0 Å². The van der Waals surface area contributed by atoms with E-state index in [4.69, 9.17) is 9.52 Å². The number of hydrogen-bond donors (Lipinski definition) is 1. The number of halogens is 2. The quantitative estimate of drug-likeness (QED) is 0.805. The topological polar surface area (TPSA) is 36.6 Å². The maximum absolute atomic E-state index is 11.9. The number of furan rings is 1. The molecule has 0 aliphatic rings. The van der Waals surface area contributed by atoms with Gasteiger partial charge in [-0.05, 0) is 19.2 Å². The standard InChI is InChI=1S/C10H15F2NO2S/c1-13(4-5-14)6-8-2-3-9(15-8)7-16-10(11)12/h2-3,10,14H,4-7H2,1H3. The highest BCUT2D eigenvalue weighted by molar-refractivity contribution is 7.98. The average Bonchev–Trinajstić information content (AvgIpc) is 2.63. The molecule has 1 rings (SSSR count). The predicted octanol–water partition coefficient (Wildman–Crippen LogP) is 2.16. The second-order valence-electron chi connectivity index (χ2n) is 3.40. The summed E-state index contributed by atoms with van der Waals surface area (Å²) in [6.45, 7) is 1.22. The SMILES string of the molecule is CN(CCO)Cc1ccc(CSC(F)F)o1. The zero-order valence-corrected chi connectivity index (χ0v) is 9.84. The van der Waals surface area contributed by atoms with Crippen molar-refractivity contribution in [2.24, 2.45) is 0 Å². The van der Waals surface area contributed by atoms with Crippen LogP contribution in [0.25, 0.3) is 0 Å². The second kappa shape index (κ2) is 6.88. The van der Waals surface area contributed by atoms with Crippen LogP contribution in [0.4, 0.5) is 8.78 Å². The molecule has 0 aromatic carbocycles. The number of nitrogens with zero attached hydrogens (tertiary/aromatic N) is 1. The fourth-order valence-electron chi connectivity index (χ4n) is 1.25. The van der Waals surface area contributed by atoms with Gasteiger partial charge in [0.15, 0.2) is 0 Å². The molecule has 6 heteroatoms. The van der Waals surface area contributed by atoms with Crippen molar-refractivity contribution in [1.82, 2.24) is 4.90 Å². The number of hydrogen-bond acceptors (Lipinski definition) is 4. The van der Waals surface area contributed by atoms with E-state index in [-0.39, 0.29) is 12.4 Å². The minimum Gasteiger partial charge on any atom is -0.464 e. The molecule has 1 aromatic heterocycles. The fraction of sp³-hybridized carbons (Fsp3) is 0.600. The maximum Gasteiger partial charge on any atom is 0.284 e. The summed E-state index contributed by atoms with van der Waals surface area (Å²) in [5.74, 6) is -0.911. The molecule has 0 bridgehead atoms. The summed E-state index contributed by atoms with van der Waals surface area (Å²) >= 11 is 0.546. The molecule has 0 amide bonds.